The molecule has 2 aromatic rings. The second-order valence-electron chi connectivity index (χ2n) is 12.4. The van der Waals surface area contributed by atoms with Gasteiger partial charge >= 0.3 is 0 Å². The number of hydrogen-bond donors (Lipinski definition) is 4. The van der Waals surface area contributed by atoms with Gasteiger partial charge in [0.05, 0.1) is 18.2 Å². The Kier molecular flexibility index (Phi) is 12.5. The van der Waals surface area contributed by atoms with E-state index in [2.05, 4.69) is 16.0 Å². The Morgan fingerprint density at radius 1 is 1.04 bits per heavy atom. The van der Waals surface area contributed by atoms with Gasteiger partial charge in [-0.1, -0.05) is 56.5 Å². The van der Waals surface area contributed by atoms with Gasteiger partial charge in [0.15, 0.2) is 0 Å². The molecule has 4 amide bonds. The number of carbonyl (C=O) groups excluding carboxylic acids is 4. The van der Waals surface area contributed by atoms with Crippen molar-refractivity contribution >= 4 is 35.0 Å². The fourth-order valence-electron chi connectivity index (χ4n) is 6.16. The largest absolute Gasteiger partial charge is 0.390 e. The van der Waals surface area contributed by atoms with Crippen LogP contribution >= 0.6 is 0 Å². The maximum absolute atomic E-state index is 13.9. The van der Waals surface area contributed by atoms with Crippen LogP contribution in [-0.4, -0.2) is 72.6 Å². The highest BCUT2D eigenvalue weighted by Gasteiger charge is 2.28. The van der Waals surface area contributed by atoms with E-state index in [4.69, 9.17) is 0 Å². The maximum atomic E-state index is 13.9. The number of aliphatic hydroxyl groups is 1. The Balaban J connectivity index is 1.53. The number of anilines is 2. The minimum atomic E-state index is -1.00. The van der Waals surface area contributed by atoms with Crippen LogP contribution in [0.15, 0.2) is 48.5 Å². The predicted molar refractivity (Wildman–Crippen MR) is 176 cm³/mol. The summed E-state index contributed by atoms with van der Waals surface area (Å²) >= 11 is 0. The average Bonchev–Trinajstić information content (AvgIpc) is 3.48. The third-order valence-electron chi connectivity index (χ3n) is 8.75. The fraction of sp³-hybridized carbons (Fsp3) is 0.543. The molecule has 1 aliphatic carbocycles. The van der Waals surface area contributed by atoms with Crippen molar-refractivity contribution in [3.8, 4) is 0 Å². The third-order valence-corrected chi connectivity index (χ3v) is 8.75. The molecule has 1 saturated carbocycles. The molecule has 1 heterocycles. The van der Waals surface area contributed by atoms with Crippen molar-refractivity contribution in [3.05, 3.63) is 59.7 Å². The smallest absolute Gasteiger partial charge is 0.251 e. The third kappa shape index (κ3) is 9.61. The zero-order chi connectivity index (χ0) is 32.3. The van der Waals surface area contributed by atoms with Crippen LogP contribution in [0.5, 0.6) is 0 Å². The lowest BCUT2D eigenvalue weighted by molar-refractivity contribution is -0.124. The van der Waals surface area contributed by atoms with Crippen LogP contribution < -0.4 is 25.8 Å². The van der Waals surface area contributed by atoms with Crippen molar-refractivity contribution in [2.45, 2.75) is 103 Å². The highest BCUT2D eigenvalue weighted by molar-refractivity contribution is 6.02. The molecule has 10 nitrogen and oxygen atoms in total. The molecule has 0 radical (unpaired) electrons. The molecule has 2 fully saturated rings. The molecule has 3 unspecified atom stereocenters. The number of nitrogens with zero attached hydrogens (tertiary/aromatic N) is 2. The Morgan fingerprint density at radius 3 is 2.42 bits per heavy atom. The SMILES string of the molecule is CCCN(C(C)=O)c1cc(C(=O)NC(Cc2ccccc2)C(O)CNC(C)C(=O)NC2CCCCC2)cc(N2CCCC2=O)c1. The molecule has 2 aromatic carbocycles. The summed E-state index contributed by atoms with van der Waals surface area (Å²) in [5, 5.41) is 20.6. The molecule has 0 bridgehead atoms. The number of carbonyl (C=O) groups is 4. The Labute approximate surface area is 266 Å². The Bertz CT molecular complexity index is 1310. The monoisotopic (exact) mass is 619 g/mol. The lowest BCUT2D eigenvalue weighted by Gasteiger charge is -2.28. The number of benzene rings is 2. The molecular formula is C35H49N5O5. The van der Waals surface area contributed by atoms with Crippen LogP contribution in [0.4, 0.5) is 11.4 Å². The zero-order valence-corrected chi connectivity index (χ0v) is 26.9. The summed E-state index contributed by atoms with van der Waals surface area (Å²) in [6, 6.07) is 13.7. The van der Waals surface area contributed by atoms with Crippen molar-refractivity contribution in [2.24, 2.45) is 0 Å². The molecule has 1 saturated heterocycles. The van der Waals surface area contributed by atoms with E-state index in [0.29, 0.717) is 42.9 Å². The van der Waals surface area contributed by atoms with E-state index in [1.165, 1.54) is 13.3 Å². The summed E-state index contributed by atoms with van der Waals surface area (Å²) in [5.41, 5.74) is 2.35. The highest BCUT2D eigenvalue weighted by atomic mass is 16.3. The van der Waals surface area contributed by atoms with Gasteiger partial charge in [0.2, 0.25) is 17.7 Å². The predicted octanol–water partition coefficient (Wildman–Crippen LogP) is 3.71. The van der Waals surface area contributed by atoms with E-state index in [0.717, 1.165) is 44.1 Å². The first-order chi connectivity index (χ1) is 21.7. The van der Waals surface area contributed by atoms with Gasteiger partial charge in [0, 0.05) is 56.0 Å². The average molecular weight is 620 g/mol. The van der Waals surface area contributed by atoms with Crippen LogP contribution in [0.2, 0.25) is 0 Å². The van der Waals surface area contributed by atoms with E-state index in [-0.39, 0.29) is 30.3 Å². The summed E-state index contributed by atoms with van der Waals surface area (Å²) in [6.07, 6.45) is 6.68. The molecule has 0 aromatic heterocycles. The summed E-state index contributed by atoms with van der Waals surface area (Å²) < 4.78 is 0. The molecule has 45 heavy (non-hydrogen) atoms. The van der Waals surface area contributed by atoms with Gasteiger partial charge in [-0.3, -0.25) is 19.2 Å². The van der Waals surface area contributed by atoms with Crippen molar-refractivity contribution in [2.75, 3.05) is 29.4 Å². The minimum Gasteiger partial charge on any atom is -0.390 e. The summed E-state index contributed by atoms with van der Waals surface area (Å²) in [4.78, 5) is 55.1. The van der Waals surface area contributed by atoms with E-state index < -0.39 is 24.1 Å². The standard InChI is InChI=1S/C35H49N5O5/c1-4-17-39(25(3)41)29-20-27(21-30(22-29)40-18-11-16-33(40)43)35(45)38-31(19-26-12-7-5-8-13-26)32(42)23-36-24(2)34(44)37-28-14-9-6-10-15-28/h5,7-8,12-13,20-22,24,28,31-32,36,42H,4,6,9-11,14-19,23H2,1-3H3,(H,37,44)(H,38,45). The van der Waals surface area contributed by atoms with Gasteiger partial charge in [-0.15, -0.1) is 0 Å². The van der Waals surface area contributed by atoms with Crippen molar-refractivity contribution in [3.63, 3.8) is 0 Å². The van der Waals surface area contributed by atoms with E-state index >= 15 is 0 Å². The zero-order valence-electron chi connectivity index (χ0n) is 26.9. The van der Waals surface area contributed by atoms with Crippen molar-refractivity contribution < 1.29 is 24.3 Å². The maximum Gasteiger partial charge on any atom is 0.251 e. The van der Waals surface area contributed by atoms with Gasteiger partial charge in [-0.25, -0.2) is 0 Å². The first kappa shape index (κ1) is 34.1. The lowest BCUT2D eigenvalue weighted by Crippen LogP contribution is -2.53. The van der Waals surface area contributed by atoms with Gasteiger partial charge in [-0.05, 0) is 62.8 Å². The van der Waals surface area contributed by atoms with Gasteiger partial charge < -0.3 is 30.9 Å². The minimum absolute atomic E-state index is 0.0199. The topological polar surface area (TPSA) is 131 Å². The lowest BCUT2D eigenvalue weighted by atomic mass is 9.95. The highest BCUT2D eigenvalue weighted by Crippen LogP contribution is 2.29. The van der Waals surface area contributed by atoms with Crippen LogP contribution in [0.1, 0.15) is 88.1 Å². The van der Waals surface area contributed by atoms with Gasteiger partial charge in [0.25, 0.3) is 5.91 Å². The van der Waals surface area contributed by atoms with Gasteiger partial charge in [-0.2, -0.15) is 0 Å². The van der Waals surface area contributed by atoms with E-state index in [1.807, 2.05) is 37.3 Å². The Morgan fingerprint density at radius 2 is 1.78 bits per heavy atom. The van der Waals surface area contributed by atoms with E-state index in [9.17, 15) is 24.3 Å². The molecule has 4 N–H and O–H groups in total. The number of aliphatic hydroxyl groups excluding tert-OH is 1. The number of rotatable bonds is 14. The first-order valence-electron chi connectivity index (χ1n) is 16.5. The second-order valence-corrected chi connectivity index (χ2v) is 12.4. The molecular weight excluding hydrogens is 570 g/mol. The molecule has 3 atom stereocenters. The normalized spacial score (nSPS) is 17.4. The molecule has 10 heteroatoms. The number of hydrogen-bond acceptors (Lipinski definition) is 6. The summed E-state index contributed by atoms with van der Waals surface area (Å²) in [7, 11) is 0. The quantitative estimate of drug-likeness (QED) is 0.255. The summed E-state index contributed by atoms with van der Waals surface area (Å²) in [5.74, 6) is -0.694. The Hall–Kier alpha value is -3.76. The molecule has 1 aliphatic heterocycles. The second kappa shape index (κ2) is 16.5. The van der Waals surface area contributed by atoms with Crippen LogP contribution in [-0.2, 0) is 20.8 Å². The fourth-order valence-corrected chi connectivity index (χ4v) is 6.16. The molecule has 244 valence electrons. The molecule has 4 rings (SSSR count). The van der Waals surface area contributed by atoms with Crippen LogP contribution in [0.3, 0.4) is 0 Å². The molecule has 0 spiro atoms. The first-order valence-corrected chi connectivity index (χ1v) is 16.5. The molecule has 2 aliphatic rings. The van der Waals surface area contributed by atoms with E-state index in [1.54, 1.807) is 34.9 Å². The van der Waals surface area contributed by atoms with Crippen LogP contribution in [0, 0.1) is 0 Å². The number of nitrogens with one attached hydrogen (secondary N) is 3. The summed E-state index contributed by atoms with van der Waals surface area (Å²) in [6.45, 7) is 6.35. The number of amides is 4. The van der Waals surface area contributed by atoms with Gasteiger partial charge in [0.1, 0.15) is 0 Å². The van der Waals surface area contributed by atoms with Crippen molar-refractivity contribution in [1.29, 1.82) is 0 Å². The van der Waals surface area contributed by atoms with Crippen molar-refractivity contribution in [1.82, 2.24) is 16.0 Å². The van der Waals surface area contributed by atoms with Crippen LogP contribution in [0.25, 0.3) is 0 Å².